The third kappa shape index (κ3) is 1.51. The van der Waals surface area contributed by atoms with Crippen LogP contribution in [0.1, 0.15) is 39.2 Å². The van der Waals surface area contributed by atoms with Gasteiger partial charge in [0, 0.05) is 0 Å². The van der Waals surface area contributed by atoms with Crippen molar-refractivity contribution in [3.8, 4) is 0 Å². The smallest absolute Gasteiger partial charge is 0.0935 e. The summed E-state index contributed by atoms with van der Waals surface area (Å²) in [5, 5.41) is 14.8. The molecule has 1 aliphatic rings. The first kappa shape index (κ1) is 10.2. The Bertz CT molecular complexity index is 315. The van der Waals surface area contributed by atoms with Crippen LogP contribution in [0.15, 0.2) is 16.8 Å². The van der Waals surface area contributed by atoms with Crippen molar-refractivity contribution in [2.45, 2.75) is 39.2 Å². The maximum atomic E-state index is 10.7. The molecule has 2 unspecified atom stereocenters. The second kappa shape index (κ2) is 3.07. The van der Waals surface area contributed by atoms with Gasteiger partial charge in [-0.3, -0.25) is 0 Å². The van der Waals surface area contributed by atoms with Gasteiger partial charge in [0.05, 0.1) is 5.60 Å². The van der Waals surface area contributed by atoms with Gasteiger partial charge in [-0.05, 0) is 46.6 Å². The van der Waals surface area contributed by atoms with E-state index in [4.69, 9.17) is 0 Å². The van der Waals surface area contributed by atoms with Crippen LogP contribution >= 0.6 is 11.3 Å². The fraction of sp³-hybridized carbons (Fsp3) is 0.667. The predicted octanol–water partition coefficient (Wildman–Crippen LogP) is 3.39. The van der Waals surface area contributed by atoms with E-state index in [0.29, 0.717) is 5.92 Å². The van der Waals surface area contributed by atoms with Crippen LogP contribution in [0.2, 0.25) is 0 Å². The summed E-state index contributed by atoms with van der Waals surface area (Å²) >= 11 is 1.67. The van der Waals surface area contributed by atoms with Crippen LogP contribution in [0.5, 0.6) is 0 Å². The van der Waals surface area contributed by atoms with Crippen molar-refractivity contribution in [1.29, 1.82) is 0 Å². The summed E-state index contributed by atoms with van der Waals surface area (Å²) in [6, 6.07) is 2.06. The van der Waals surface area contributed by atoms with Gasteiger partial charge < -0.3 is 5.11 Å². The van der Waals surface area contributed by atoms with E-state index in [9.17, 15) is 5.11 Å². The van der Waals surface area contributed by atoms with Crippen LogP contribution in [0.25, 0.3) is 0 Å². The lowest BCUT2D eigenvalue weighted by atomic mass is 9.85. The highest BCUT2D eigenvalue weighted by Crippen LogP contribution is 2.52. The Morgan fingerprint density at radius 1 is 1.50 bits per heavy atom. The van der Waals surface area contributed by atoms with Crippen molar-refractivity contribution in [1.82, 2.24) is 0 Å². The molecule has 0 bridgehead atoms. The molecule has 1 nitrogen and oxygen atoms in total. The summed E-state index contributed by atoms with van der Waals surface area (Å²) in [6.45, 7) is 6.65. The number of thiophene rings is 1. The van der Waals surface area contributed by atoms with E-state index in [0.717, 1.165) is 18.4 Å². The second-order valence-corrected chi connectivity index (χ2v) is 6.16. The van der Waals surface area contributed by atoms with Crippen molar-refractivity contribution >= 4 is 11.3 Å². The standard InChI is InChI=1S/C12H18OS/c1-9-6-11(2,3)8-12(9,13)10-4-5-14-7-10/h4-5,7,9,13H,6,8H2,1-3H3. The van der Waals surface area contributed by atoms with Gasteiger partial charge in [0.25, 0.3) is 0 Å². The van der Waals surface area contributed by atoms with E-state index in [-0.39, 0.29) is 5.41 Å². The van der Waals surface area contributed by atoms with Crippen LogP contribution in [-0.2, 0) is 5.60 Å². The third-order valence-corrected chi connectivity index (χ3v) is 4.13. The molecule has 1 fully saturated rings. The monoisotopic (exact) mass is 210 g/mol. The van der Waals surface area contributed by atoms with Gasteiger partial charge in [-0.15, -0.1) is 0 Å². The number of rotatable bonds is 1. The van der Waals surface area contributed by atoms with Gasteiger partial charge in [0.15, 0.2) is 0 Å². The summed E-state index contributed by atoms with van der Waals surface area (Å²) in [6.07, 6.45) is 2.00. The van der Waals surface area contributed by atoms with Crippen LogP contribution in [0.4, 0.5) is 0 Å². The van der Waals surface area contributed by atoms with Crippen LogP contribution < -0.4 is 0 Å². The highest BCUT2D eigenvalue weighted by molar-refractivity contribution is 7.08. The fourth-order valence-corrected chi connectivity index (χ4v) is 3.60. The lowest BCUT2D eigenvalue weighted by Gasteiger charge is -2.27. The molecule has 78 valence electrons. The highest BCUT2D eigenvalue weighted by atomic mass is 32.1. The summed E-state index contributed by atoms with van der Waals surface area (Å²) in [4.78, 5) is 0. The first-order valence-electron chi connectivity index (χ1n) is 5.19. The fourth-order valence-electron chi connectivity index (χ4n) is 2.87. The molecule has 0 aromatic carbocycles. The molecule has 1 heterocycles. The molecule has 2 heteroatoms. The zero-order valence-electron chi connectivity index (χ0n) is 9.08. The third-order valence-electron chi connectivity index (χ3n) is 3.44. The summed E-state index contributed by atoms with van der Waals surface area (Å²) in [5.74, 6) is 0.368. The Balaban J connectivity index is 2.34. The molecule has 2 atom stereocenters. The minimum absolute atomic E-state index is 0.274. The minimum Gasteiger partial charge on any atom is -0.385 e. The van der Waals surface area contributed by atoms with E-state index >= 15 is 0 Å². The molecule has 2 rings (SSSR count). The number of aliphatic hydroxyl groups is 1. The van der Waals surface area contributed by atoms with Gasteiger partial charge >= 0.3 is 0 Å². The Morgan fingerprint density at radius 2 is 2.21 bits per heavy atom. The normalized spacial score (nSPS) is 36.1. The van der Waals surface area contributed by atoms with Gasteiger partial charge in [-0.2, -0.15) is 11.3 Å². The maximum absolute atomic E-state index is 10.7. The van der Waals surface area contributed by atoms with Crippen molar-refractivity contribution in [3.05, 3.63) is 22.4 Å². The van der Waals surface area contributed by atoms with Gasteiger partial charge in [-0.25, -0.2) is 0 Å². The molecular formula is C12H18OS. The van der Waals surface area contributed by atoms with Gasteiger partial charge in [0.1, 0.15) is 0 Å². The molecule has 0 amide bonds. The zero-order valence-corrected chi connectivity index (χ0v) is 9.90. The first-order chi connectivity index (χ1) is 6.44. The quantitative estimate of drug-likeness (QED) is 0.753. The maximum Gasteiger partial charge on any atom is 0.0935 e. The zero-order chi connectivity index (χ0) is 10.4. The van der Waals surface area contributed by atoms with Crippen LogP contribution in [0.3, 0.4) is 0 Å². The SMILES string of the molecule is CC1CC(C)(C)CC1(O)c1ccsc1. The van der Waals surface area contributed by atoms with Crippen molar-refractivity contribution in [3.63, 3.8) is 0 Å². The molecule has 1 saturated carbocycles. The molecule has 1 aliphatic carbocycles. The van der Waals surface area contributed by atoms with E-state index in [1.807, 2.05) is 5.38 Å². The van der Waals surface area contributed by atoms with E-state index in [1.165, 1.54) is 0 Å². The Labute approximate surface area is 89.8 Å². The number of hydrogen-bond acceptors (Lipinski definition) is 2. The van der Waals surface area contributed by atoms with E-state index in [1.54, 1.807) is 11.3 Å². The molecule has 1 aromatic rings. The summed E-state index contributed by atoms with van der Waals surface area (Å²) in [5.41, 5.74) is 0.806. The molecule has 1 N–H and O–H groups in total. The predicted molar refractivity (Wildman–Crippen MR) is 60.4 cm³/mol. The molecular weight excluding hydrogens is 192 g/mol. The molecule has 0 saturated heterocycles. The lowest BCUT2D eigenvalue weighted by Crippen LogP contribution is -2.28. The summed E-state index contributed by atoms with van der Waals surface area (Å²) < 4.78 is 0. The Morgan fingerprint density at radius 3 is 2.64 bits per heavy atom. The largest absolute Gasteiger partial charge is 0.385 e. The average molecular weight is 210 g/mol. The molecule has 0 spiro atoms. The van der Waals surface area contributed by atoms with Gasteiger partial charge in [0.2, 0.25) is 0 Å². The van der Waals surface area contributed by atoms with Gasteiger partial charge in [-0.1, -0.05) is 20.8 Å². The van der Waals surface area contributed by atoms with E-state index < -0.39 is 5.60 Å². The Hall–Kier alpha value is -0.340. The molecule has 0 aliphatic heterocycles. The molecule has 1 aromatic heterocycles. The van der Waals surface area contributed by atoms with Crippen LogP contribution in [-0.4, -0.2) is 5.11 Å². The summed E-state index contributed by atoms with van der Waals surface area (Å²) in [7, 11) is 0. The van der Waals surface area contributed by atoms with Crippen molar-refractivity contribution in [2.75, 3.05) is 0 Å². The van der Waals surface area contributed by atoms with Crippen molar-refractivity contribution in [2.24, 2.45) is 11.3 Å². The topological polar surface area (TPSA) is 20.2 Å². The van der Waals surface area contributed by atoms with Crippen molar-refractivity contribution < 1.29 is 5.11 Å². The highest BCUT2D eigenvalue weighted by Gasteiger charge is 2.48. The molecule has 0 radical (unpaired) electrons. The molecule has 14 heavy (non-hydrogen) atoms. The first-order valence-corrected chi connectivity index (χ1v) is 6.13. The second-order valence-electron chi connectivity index (χ2n) is 5.38. The average Bonchev–Trinajstić information content (AvgIpc) is 2.58. The Kier molecular flexibility index (Phi) is 2.24. The number of hydrogen-bond donors (Lipinski definition) is 1. The van der Waals surface area contributed by atoms with Crippen LogP contribution in [0, 0.1) is 11.3 Å². The lowest BCUT2D eigenvalue weighted by molar-refractivity contribution is -0.000435. The minimum atomic E-state index is -0.580. The van der Waals surface area contributed by atoms with E-state index in [2.05, 4.69) is 32.2 Å².